The quantitative estimate of drug-likeness (QED) is 0.763. The molecule has 2 N–H and O–H groups in total. The summed E-state index contributed by atoms with van der Waals surface area (Å²) in [7, 11) is 3.80. The van der Waals surface area contributed by atoms with Crippen LogP contribution in [0, 0.1) is 11.7 Å². The van der Waals surface area contributed by atoms with Crippen LogP contribution in [0.25, 0.3) is 0 Å². The van der Waals surface area contributed by atoms with Crippen LogP contribution in [0.3, 0.4) is 0 Å². The van der Waals surface area contributed by atoms with Gasteiger partial charge in [-0.1, -0.05) is 6.07 Å². The number of carbonyl (C=O) groups excluding carboxylic acids is 1. The lowest BCUT2D eigenvalue weighted by Crippen LogP contribution is -2.34. The van der Waals surface area contributed by atoms with Crippen molar-refractivity contribution in [3.05, 3.63) is 35.1 Å². The molecule has 2 rings (SSSR count). The highest BCUT2D eigenvalue weighted by Crippen LogP contribution is 2.27. The van der Waals surface area contributed by atoms with Gasteiger partial charge in [-0.25, -0.2) is 4.39 Å². The van der Waals surface area contributed by atoms with Crippen LogP contribution < -0.4 is 10.6 Å². The fourth-order valence-electron chi connectivity index (χ4n) is 2.17. The Morgan fingerprint density at radius 3 is 2.81 bits per heavy atom. The van der Waals surface area contributed by atoms with Gasteiger partial charge in [-0.3, -0.25) is 4.79 Å². The molecule has 1 aromatic rings. The SMILES string of the molecule is CN(C)Cc1cc(CNC(=O)CNCC2CC2)ccc1F. The molecule has 21 heavy (non-hydrogen) atoms. The first kappa shape index (κ1) is 15.9. The van der Waals surface area contributed by atoms with E-state index in [1.165, 1.54) is 18.9 Å². The number of amides is 1. The van der Waals surface area contributed by atoms with Crippen molar-refractivity contribution in [2.24, 2.45) is 5.92 Å². The molecule has 4 nitrogen and oxygen atoms in total. The minimum absolute atomic E-state index is 0.0193. The molecule has 0 saturated heterocycles. The molecule has 0 aliphatic heterocycles. The number of nitrogens with one attached hydrogen (secondary N) is 2. The number of hydrogen-bond acceptors (Lipinski definition) is 3. The zero-order valence-electron chi connectivity index (χ0n) is 12.8. The van der Waals surface area contributed by atoms with E-state index in [4.69, 9.17) is 0 Å². The first-order chi connectivity index (χ1) is 10.0. The summed E-state index contributed by atoms with van der Waals surface area (Å²) in [5, 5.41) is 6.01. The van der Waals surface area contributed by atoms with Gasteiger partial charge in [0.1, 0.15) is 5.82 Å². The number of carbonyl (C=O) groups is 1. The molecule has 5 heteroatoms. The second kappa shape index (κ2) is 7.52. The van der Waals surface area contributed by atoms with Crippen LogP contribution >= 0.6 is 0 Å². The molecule has 0 atom stereocenters. The van der Waals surface area contributed by atoms with Crippen molar-refractivity contribution < 1.29 is 9.18 Å². The van der Waals surface area contributed by atoms with Crippen LogP contribution in [0.5, 0.6) is 0 Å². The molecule has 0 spiro atoms. The van der Waals surface area contributed by atoms with E-state index >= 15 is 0 Å². The maximum atomic E-state index is 13.7. The lowest BCUT2D eigenvalue weighted by atomic mass is 10.1. The van der Waals surface area contributed by atoms with Gasteiger partial charge in [0.2, 0.25) is 5.91 Å². The molecule has 0 heterocycles. The van der Waals surface area contributed by atoms with Crippen LogP contribution in [-0.4, -0.2) is 38.0 Å². The number of rotatable bonds is 8. The normalized spacial score (nSPS) is 14.5. The van der Waals surface area contributed by atoms with Crippen molar-refractivity contribution in [2.75, 3.05) is 27.2 Å². The van der Waals surface area contributed by atoms with Crippen LogP contribution in [-0.2, 0) is 17.9 Å². The van der Waals surface area contributed by atoms with E-state index in [-0.39, 0.29) is 11.7 Å². The average Bonchev–Trinajstić information content (AvgIpc) is 3.23. The standard InChI is InChI=1S/C16H24FN3O/c1-20(2)11-14-7-13(5-6-15(14)17)9-19-16(21)10-18-8-12-3-4-12/h5-7,12,18H,3-4,8-11H2,1-2H3,(H,19,21). The van der Waals surface area contributed by atoms with Crippen LogP contribution in [0.15, 0.2) is 18.2 Å². The summed E-state index contributed by atoms with van der Waals surface area (Å²) >= 11 is 0. The summed E-state index contributed by atoms with van der Waals surface area (Å²) in [5.74, 6) is 0.544. The Labute approximate surface area is 125 Å². The largest absolute Gasteiger partial charge is 0.351 e. The lowest BCUT2D eigenvalue weighted by molar-refractivity contribution is -0.120. The maximum Gasteiger partial charge on any atom is 0.234 e. The van der Waals surface area contributed by atoms with Crippen molar-refractivity contribution in [3.63, 3.8) is 0 Å². The number of hydrogen-bond donors (Lipinski definition) is 2. The summed E-state index contributed by atoms with van der Waals surface area (Å²) in [6, 6.07) is 4.99. The van der Waals surface area contributed by atoms with Gasteiger partial charge in [-0.15, -0.1) is 0 Å². The highest BCUT2D eigenvalue weighted by Gasteiger charge is 2.20. The molecule has 1 aromatic carbocycles. The van der Waals surface area contributed by atoms with Gasteiger partial charge in [0.05, 0.1) is 6.54 Å². The second-order valence-electron chi connectivity index (χ2n) is 6.01. The minimum atomic E-state index is -0.204. The molecule has 1 fully saturated rings. The van der Waals surface area contributed by atoms with Crippen LogP contribution in [0.4, 0.5) is 4.39 Å². The third-order valence-electron chi connectivity index (χ3n) is 3.50. The molecule has 1 amide bonds. The fourth-order valence-corrected chi connectivity index (χ4v) is 2.17. The van der Waals surface area contributed by atoms with E-state index in [9.17, 15) is 9.18 Å². The number of halogens is 1. The zero-order valence-corrected chi connectivity index (χ0v) is 12.8. The van der Waals surface area contributed by atoms with Gasteiger partial charge < -0.3 is 15.5 Å². The molecule has 0 bridgehead atoms. The first-order valence-electron chi connectivity index (χ1n) is 7.44. The Balaban J connectivity index is 1.77. The van der Waals surface area contributed by atoms with Gasteiger partial charge in [-0.05, 0) is 57.1 Å². The van der Waals surface area contributed by atoms with Crippen molar-refractivity contribution in [3.8, 4) is 0 Å². The molecule has 0 radical (unpaired) electrons. The lowest BCUT2D eigenvalue weighted by Gasteiger charge is -2.12. The molecular weight excluding hydrogens is 269 g/mol. The summed E-state index contributed by atoms with van der Waals surface area (Å²) in [6.45, 7) is 2.26. The molecule has 116 valence electrons. The summed E-state index contributed by atoms with van der Waals surface area (Å²) in [5.41, 5.74) is 1.57. The zero-order chi connectivity index (χ0) is 15.2. The van der Waals surface area contributed by atoms with E-state index in [0.29, 0.717) is 25.2 Å². The maximum absolute atomic E-state index is 13.7. The molecule has 1 saturated carbocycles. The predicted molar refractivity (Wildman–Crippen MR) is 81.2 cm³/mol. The third kappa shape index (κ3) is 5.81. The molecule has 1 aliphatic carbocycles. The van der Waals surface area contributed by atoms with Gasteiger partial charge in [0.25, 0.3) is 0 Å². The monoisotopic (exact) mass is 293 g/mol. The van der Waals surface area contributed by atoms with Crippen LogP contribution in [0.2, 0.25) is 0 Å². The van der Waals surface area contributed by atoms with Gasteiger partial charge in [0, 0.05) is 18.7 Å². The van der Waals surface area contributed by atoms with Crippen LogP contribution in [0.1, 0.15) is 24.0 Å². The van der Waals surface area contributed by atoms with E-state index in [1.807, 2.05) is 25.1 Å². The second-order valence-corrected chi connectivity index (χ2v) is 6.01. The van der Waals surface area contributed by atoms with Gasteiger partial charge >= 0.3 is 0 Å². The summed E-state index contributed by atoms with van der Waals surface area (Å²) < 4.78 is 13.7. The summed E-state index contributed by atoms with van der Waals surface area (Å²) in [6.07, 6.45) is 2.55. The highest BCUT2D eigenvalue weighted by atomic mass is 19.1. The molecule has 0 aromatic heterocycles. The van der Waals surface area contributed by atoms with E-state index in [2.05, 4.69) is 10.6 Å². The average molecular weight is 293 g/mol. The first-order valence-corrected chi connectivity index (χ1v) is 7.44. The Morgan fingerprint density at radius 2 is 2.14 bits per heavy atom. The van der Waals surface area contributed by atoms with E-state index < -0.39 is 0 Å². The van der Waals surface area contributed by atoms with Crippen molar-refractivity contribution in [2.45, 2.75) is 25.9 Å². The molecule has 0 unspecified atom stereocenters. The fraction of sp³-hybridized carbons (Fsp3) is 0.562. The number of nitrogens with zero attached hydrogens (tertiary/aromatic N) is 1. The smallest absolute Gasteiger partial charge is 0.234 e. The van der Waals surface area contributed by atoms with Crippen molar-refractivity contribution in [1.82, 2.24) is 15.5 Å². The van der Waals surface area contributed by atoms with Gasteiger partial charge in [0.15, 0.2) is 0 Å². The van der Waals surface area contributed by atoms with E-state index in [0.717, 1.165) is 18.0 Å². The Bertz CT molecular complexity index is 486. The minimum Gasteiger partial charge on any atom is -0.351 e. The van der Waals surface area contributed by atoms with E-state index in [1.54, 1.807) is 6.07 Å². The molecule has 1 aliphatic rings. The Hall–Kier alpha value is -1.46. The third-order valence-corrected chi connectivity index (χ3v) is 3.50. The Morgan fingerprint density at radius 1 is 1.38 bits per heavy atom. The van der Waals surface area contributed by atoms with Crippen molar-refractivity contribution in [1.29, 1.82) is 0 Å². The topological polar surface area (TPSA) is 44.4 Å². The Kier molecular flexibility index (Phi) is 5.70. The number of benzene rings is 1. The predicted octanol–water partition coefficient (Wildman–Crippen LogP) is 1.50. The highest BCUT2D eigenvalue weighted by molar-refractivity contribution is 5.77. The van der Waals surface area contributed by atoms with Crippen molar-refractivity contribution >= 4 is 5.91 Å². The summed E-state index contributed by atoms with van der Waals surface area (Å²) in [4.78, 5) is 13.6. The molecular formula is C16H24FN3O. The van der Waals surface area contributed by atoms with Gasteiger partial charge in [-0.2, -0.15) is 0 Å².